The fourth-order valence-corrected chi connectivity index (χ4v) is 3.67. The van der Waals surface area contributed by atoms with E-state index in [9.17, 15) is 4.79 Å². The molecule has 0 unspecified atom stereocenters. The Bertz CT molecular complexity index is 864. The molecule has 1 amide bonds. The monoisotopic (exact) mass is 413 g/mol. The van der Waals surface area contributed by atoms with Gasteiger partial charge < -0.3 is 20.1 Å². The van der Waals surface area contributed by atoms with Crippen LogP contribution in [0.1, 0.15) is 39.2 Å². The first-order chi connectivity index (χ1) is 14.2. The summed E-state index contributed by atoms with van der Waals surface area (Å²) in [6.07, 6.45) is 2.84. The van der Waals surface area contributed by atoms with Crippen LogP contribution in [0.3, 0.4) is 0 Å². The number of hydrogen-bond acceptors (Lipinski definition) is 6. The third kappa shape index (κ3) is 4.75. The zero-order valence-electron chi connectivity index (χ0n) is 18.1. The van der Waals surface area contributed by atoms with E-state index >= 15 is 0 Å². The number of rotatable bonds is 4. The maximum absolute atomic E-state index is 12.3. The van der Waals surface area contributed by atoms with Crippen LogP contribution in [-0.4, -0.2) is 59.9 Å². The average molecular weight is 414 g/mol. The molecule has 1 fully saturated rings. The molecule has 1 aromatic carbocycles. The van der Waals surface area contributed by atoms with Crippen molar-refractivity contribution in [2.45, 2.75) is 39.2 Å². The Hall–Kier alpha value is -3.03. The molecular weight excluding hydrogens is 382 g/mol. The molecule has 1 saturated heterocycles. The van der Waals surface area contributed by atoms with Gasteiger partial charge in [0.1, 0.15) is 17.1 Å². The molecule has 0 atom stereocenters. The standard InChI is InChI=1S/C22H31N5O3/c1-22(2,3)30-21(28)26-11-9-15(10-12-26)14-27-20(24)17(13-23)19(25-27)16-7-5-6-8-18(16)29-4/h5-8,13,15,24H,9-12,14,23H2,1-4H3/b17-13-,24-20?. The van der Waals surface area contributed by atoms with E-state index in [4.69, 9.17) is 20.6 Å². The van der Waals surface area contributed by atoms with Crippen LogP contribution in [0, 0.1) is 11.3 Å². The highest BCUT2D eigenvalue weighted by atomic mass is 16.6. The molecule has 0 aliphatic carbocycles. The number of piperidine rings is 1. The van der Waals surface area contributed by atoms with Gasteiger partial charge in [0.05, 0.1) is 12.7 Å². The average Bonchev–Trinajstić information content (AvgIpc) is 3.02. The van der Waals surface area contributed by atoms with E-state index in [2.05, 4.69) is 5.10 Å². The van der Waals surface area contributed by atoms with Crippen molar-refractivity contribution in [2.75, 3.05) is 26.7 Å². The fourth-order valence-electron chi connectivity index (χ4n) is 3.67. The summed E-state index contributed by atoms with van der Waals surface area (Å²) in [7, 11) is 1.61. The molecule has 0 bridgehead atoms. The summed E-state index contributed by atoms with van der Waals surface area (Å²) in [5.74, 6) is 1.30. The van der Waals surface area contributed by atoms with Crippen LogP contribution in [0.15, 0.2) is 41.1 Å². The molecule has 0 saturated carbocycles. The minimum absolute atomic E-state index is 0.264. The number of carbonyl (C=O) groups is 1. The van der Waals surface area contributed by atoms with Gasteiger partial charge in [0, 0.05) is 31.4 Å². The lowest BCUT2D eigenvalue weighted by Gasteiger charge is -2.34. The number of hydrazone groups is 1. The van der Waals surface area contributed by atoms with Crippen LogP contribution in [-0.2, 0) is 4.74 Å². The SMILES string of the molecule is COc1ccccc1C1=NN(CC2CCN(C(=O)OC(C)(C)C)CC2)C(=N)/C1=C\N. The molecule has 3 N–H and O–H groups in total. The highest BCUT2D eigenvalue weighted by molar-refractivity contribution is 6.32. The van der Waals surface area contributed by atoms with Crippen molar-refractivity contribution in [3.8, 4) is 5.75 Å². The molecule has 162 valence electrons. The number of nitrogens with one attached hydrogen (secondary N) is 1. The van der Waals surface area contributed by atoms with Gasteiger partial charge in [-0.05, 0) is 51.7 Å². The van der Waals surface area contributed by atoms with Crippen molar-refractivity contribution in [1.29, 1.82) is 5.41 Å². The van der Waals surface area contributed by atoms with Gasteiger partial charge in [-0.2, -0.15) is 5.10 Å². The predicted octanol–water partition coefficient (Wildman–Crippen LogP) is 3.18. The highest BCUT2D eigenvalue weighted by Crippen LogP contribution is 2.29. The number of methoxy groups -OCH3 is 1. The quantitative estimate of drug-likeness (QED) is 0.789. The molecule has 0 radical (unpaired) electrons. The van der Waals surface area contributed by atoms with Gasteiger partial charge in [-0.25, -0.2) is 9.80 Å². The lowest BCUT2D eigenvalue weighted by molar-refractivity contribution is 0.0177. The van der Waals surface area contributed by atoms with E-state index in [0.717, 1.165) is 18.4 Å². The number of amidine groups is 1. The molecule has 8 heteroatoms. The fraction of sp³-hybridized carbons (Fsp3) is 0.500. The lowest BCUT2D eigenvalue weighted by atomic mass is 9.96. The van der Waals surface area contributed by atoms with E-state index < -0.39 is 5.60 Å². The predicted molar refractivity (Wildman–Crippen MR) is 117 cm³/mol. The maximum atomic E-state index is 12.3. The van der Waals surface area contributed by atoms with Gasteiger partial charge in [0.15, 0.2) is 5.84 Å². The van der Waals surface area contributed by atoms with Crippen molar-refractivity contribution >= 4 is 17.6 Å². The first-order valence-corrected chi connectivity index (χ1v) is 10.2. The van der Waals surface area contributed by atoms with Gasteiger partial charge in [0.25, 0.3) is 0 Å². The van der Waals surface area contributed by atoms with Gasteiger partial charge in [-0.15, -0.1) is 0 Å². The van der Waals surface area contributed by atoms with Gasteiger partial charge in [0.2, 0.25) is 0 Å². The molecule has 30 heavy (non-hydrogen) atoms. The summed E-state index contributed by atoms with van der Waals surface area (Å²) in [5, 5.41) is 14.9. The number of ether oxygens (including phenoxy) is 2. The number of hydrogen-bond donors (Lipinski definition) is 2. The van der Waals surface area contributed by atoms with E-state index in [0.29, 0.717) is 42.6 Å². The Balaban J connectivity index is 1.67. The lowest BCUT2D eigenvalue weighted by Crippen LogP contribution is -2.43. The Morgan fingerprint density at radius 2 is 1.97 bits per heavy atom. The number of amides is 1. The van der Waals surface area contributed by atoms with Crippen molar-refractivity contribution in [3.05, 3.63) is 41.6 Å². The number of benzene rings is 1. The number of nitrogens with two attached hydrogens (primary N) is 1. The van der Waals surface area contributed by atoms with Crippen LogP contribution in [0.25, 0.3) is 0 Å². The van der Waals surface area contributed by atoms with Crippen molar-refractivity contribution < 1.29 is 14.3 Å². The van der Waals surface area contributed by atoms with Gasteiger partial charge >= 0.3 is 6.09 Å². The van der Waals surface area contributed by atoms with Crippen molar-refractivity contribution in [3.63, 3.8) is 0 Å². The zero-order chi connectivity index (χ0) is 21.9. The van der Waals surface area contributed by atoms with Crippen LogP contribution in [0.4, 0.5) is 4.79 Å². The summed E-state index contributed by atoms with van der Waals surface area (Å²) in [6, 6.07) is 7.58. The van der Waals surface area contributed by atoms with Crippen LogP contribution < -0.4 is 10.5 Å². The highest BCUT2D eigenvalue weighted by Gasteiger charge is 2.33. The number of para-hydroxylation sites is 1. The first-order valence-electron chi connectivity index (χ1n) is 10.2. The second kappa shape index (κ2) is 8.77. The minimum Gasteiger partial charge on any atom is -0.496 e. The Kier molecular flexibility index (Phi) is 6.34. The molecule has 2 aliphatic heterocycles. The first kappa shape index (κ1) is 21.7. The smallest absolute Gasteiger partial charge is 0.410 e. The largest absolute Gasteiger partial charge is 0.496 e. The number of carbonyl (C=O) groups excluding carboxylic acids is 1. The number of nitrogens with zero attached hydrogens (tertiary/aromatic N) is 3. The van der Waals surface area contributed by atoms with Crippen LogP contribution in [0.5, 0.6) is 5.75 Å². The molecule has 2 aliphatic rings. The van der Waals surface area contributed by atoms with Gasteiger partial charge in [-0.1, -0.05) is 12.1 Å². The van der Waals surface area contributed by atoms with Crippen molar-refractivity contribution in [2.24, 2.45) is 16.8 Å². The van der Waals surface area contributed by atoms with Crippen molar-refractivity contribution in [1.82, 2.24) is 9.91 Å². The van der Waals surface area contributed by atoms with E-state index in [-0.39, 0.29) is 11.9 Å². The Labute approximate surface area is 177 Å². The third-order valence-electron chi connectivity index (χ3n) is 5.22. The third-order valence-corrected chi connectivity index (χ3v) is 5.22. The topological polar surface area (TPSA) is 104 Å². The molecule has 8 nitrogen and oxygen atoms in total. The molecule has 1 aromatic rings. The summed E-state index contributed by atoms with van der Waals surface area (Å²) < 4.78 is 10.9. The molecule has 2 heterocycles. The van der Waals surface area contributed by atoms with Gasteiger partial charge in [-0.3, -0.25) is 5.41 Å². The van der Waals surface area contributed by atoms with E-state index in [1.54, 1.807) is 17.0 Å². The molecule has 0 spiro atoms. The van der Waals surface area contributed by atoms with Crippen LogP contribution >= 0.6 is 0 Å². The summed E-state index contributed by atoms with van der Waals surface area (Å²) in [5.41, 5.74) is 7.38. The normalized spacial score (nSPS) is 19.3. The zero-order valence-corrected chi connectivity index (χ0v) is 18.1. The molecule has 0 aromatic heterocycles. The second-order valence-electron chi connectivity index (χ2n) is 8.57. The van der Waals surface area contributed by atoms with E-state index in [1.165, 1.54) is 6.20 Å². The maximum Gasteiger partial charge on any atom is 0.410 e. The molecular formula is C22H31N5O3. The molecule has 3 rings (SSSR count). The Morgan fingerprint density at radius 3 is 2.57 bits per heavy atom. The summed E-state index contributed by atoms with van der Waals surface area (Å²) in [4.78, 5) is 14.0. The summed E-state index contributed by atoms with van der Waals surface area (Å²) in [6.45, 7) is 7.51. The minimum atomic E-state index is -0.493. The Morgan fingerprint density at radius 1 is 1.30 bits per heavy atom. The van der Waals surface area contributed by atoms with Crippen LogP contribution in [0.2, 0.25) is 0 Å². The number of likely N-dealkylation sites (tertiary alicyclic amines) is 1. The second-order valence-corrected chi connectivity index (χ2v) is 8.57. The summed E-state index contributed by atoms with van der Waals surface area (Å²) >= 11 is 0. The van der Waals surface area contributed by atoms with E-state index in [1.807, 2.05) is 45.0 Å².